The van der Waals surface area contributed by atoms with Crippen LogP contribution in [0, 0.1) is 20.8 Å². The van der Waals surface area contributed by atoms with E-state index < -0.39 is 0 Å². The molecule has 0 aliphatic carbocycles. The van der Waals surface area contributed by atoms with Gasteiger partial charge in [0.25, 0.3) is 5.91 Å². The zero-order valence-electron chi connectivity index (χ0n) is 16.1. The Morgan fingerprint density at radius 2 is 1.67 bits per heavy atom. The van der Waals surface area contributed by atoms with Gasteiger partial charge in [0.15, 0.2) is 6.61 Å². The third-order valence-corrected chi connectivity index (χ3v) is 3.97. The highest BCUT2D eigenvalue weighted by Crippen LogP contribution is 2.14. The van der Waals surface area contributed by atoms with Crippen LogP contribution < -0.4 is 15.5 Å². The van der Waals surface area contributed by atoms with E-state index in [0.29, 0.717) is 11.5 Å². The lowest BCUT2D eigenvalue weighted by molar-refractivity contribution is -0.123. The summed E-state index contributed by atoms with van der Waals surface area (Å²) in [4.78, 5) is 23.9. The molecule has 27 heavy (non-hydrogen) atoms. The highest BCUT2D eigenvalue weighted by Gasteiger charge is 2.07. The molecule has 0 bridgehead atoms. The summed E-state index contributed by atoms with van der Waals surface area (Å²) < 4.78 is 5.38. The van der Waals surface area contributed by atoms with Gasteiger partial charge in [-0.3, -0.25) is 9.59 Å². The van der Waals surface area contributed by atoms with Crippen LogP contribution in [-0.4, -0.2) is 24.1 Å². The van der Waals surface area contributed by atoms with Gasteiger partial charge in [0, 0.05) is 11.4 Å². The Bertz CT molecular complexity index is 842. The first-order valence-corrected chi connectivity index (χ1v) is 8.72. The first-order chi connectivity index (χ1) is 12.8. The number of benzene rings is 2. The van der Waals surface area contributed by atoms with Crippen molar-refractivity contribution in [1.29, 1.82) is 0 Å². The smallest absolute Gasteiger partial charge is 0.277 e. The Morgan fingerprint density at radius 1 is 0.963 bits per heavy atom. The fourth-order valence-electron chi connectivity index (χ4n) is 2.27. The molecule has 0 aliphatic heterocycles. The largest absolute Gasteiger partial charge is 0.484 e. The number of hydrogen-bond donors (Lipinski definition) is 2. The Balaban J connectivity index is 1.76. The number of aryl methyl sites for hydroxylation is 3. The number of nitrogens with zero attached hydrogens (tertiary/aromatic N) is 1. The van der Waals surface area contributed by atoms with Crippen molar-refractivity contribution < 1.29 is 14.3 Å². The molecule has 2 amide bonds. The molecule has 0 heterocycles. The van der Waals surface area contributed by atoms with Crippen LogP contribution >= 0.6 is 0 Å². The SMILES string of the molecule is CC(CC(=O)Nc1ccc(C)c(C)c1)=NNC(=O)COc1ccc(C)cc1. The van der Waals surface area contributed by atoms with E-state index in [1.807, 2.05) is 51.1 Å². The van der Waals surface area contributed by atoms with E-state index in [0.717, 1.165) is 16.8 Å². The van der Waals surface area contributed by atoms with Crippen LogP contribution in [0.1, 0.15) is 30.0 Å². The third kappa shape index (κ3) is 6.93. The summed E-state index contributed by atoms with van der Waals surface area (Å²) in [5, 5.41) is 6.76. The van der Waals surface area contributed by atoms with Crippen LogP contribution in [0.2, 0.25) is 0 Å². The minimum Gasteiger partial charge on any atom is -0.484 e. The summed E-state index contributed by atoms with van der Waals surface area (Å²) >= 11 is 0. The molecule has 0 saturated heterocycles. The average molecular weight is 367 g/mol. The van der Waals surface area contributed by atoms with E-state index in [9.17, 15) is 9.59 Å². The van der Waals surface area contributed by atoms with Gasteiger partial charge in [-0.05, 0) is 63.1 Å². The lowest BCUT2D eigenvalue weighted by atomic mass is 10.1. The number of nitrogens with one attached hydrogen (secondary N) is 2. The molecule has 0 spiro atoms. The van der Waals surface area contributed by atoms with Gasteiger partial charge in [0.1, 0.15) is 5.75 Å². The molecule has 6 nitrogen and oxygen atoms in total. The summed E-state index contributed by atoms with van der Waals surface area (Å²) in [7, 11) is 0. The number of rotatable bonds is 7. The van der Waals surface area contributed by atoms with Gasteiger partial charge in [-0.15, -0.1) is 0 Å². The molecule has 0 radical (unpaired) electrons. The normalized spacial score (nSPS) is 11.0. The second-order valence-corrected chi connectivity index (χ2v) is 6.51. The molecule has 2 aromatic carbocycles. The van der Waals surface area contributed by atoms with Crippen molar-refractivity contribution in [3.05, 3.63) is 59.2 Å². The van der Waals surface area contributed by atoms with E-state index >= 15 is 0 Å². The monoisotopic (exact) mass is 367 g/mol. The van der Waals surface area contributed by atoms with Gasteiger partial charge in [-0.1, -0.05) is 23.8 Å². The molecule has 0 saturated carbocycles. The molecular weight excluding hydrogens is 342 g/mol. The van der Waals surface area contributed by atoms with E-state index in [1.165, 1.54) is 5.56 Å². The number of anilines is 1. The molecule has 0 fully saturated rings. The first-order valence-electron chi connectivity index (χ1n) is 8.72. The molecule has 2 aromatic rings. The van der Waals surface area contributed by atoms with Gasteiger partial charge < -0.3 is 10.1 Å². The number of hydrazone groups is 1. The van der Waals surface area contributed by atoms with E-state index in [1.54, 1.807) is 19.1 Å². The number of hydrogen-bond acceptors (Lipinski definition) is 4. The second-order valence-electron chi connectivity index (χ2n) is 6.51. The van der Waals surface area contributed by atoms with Crippen molar-refractivity contribution in [2.24, 2.45) is 5.10 Å². The highest BCUT2D eigenvalue weighted by atomic mass is 16.5. The summed E-state index contributed by atoms with van der Waals surface area (Å²) in [6.45, 7) is 7.52. The van der Waals surface area contributed by atoms with Crippen LogP contribution in [0.15, 0.2) is 47.6 Å². The summed E-state index contributed by atoms with van der Waals surface area (Å²) in [6, 6.07) is 13.1. The van der Waals surface area contributed by atoms with Gasteiger partial charge in [-0.25, -0.2) is 5.43 Å². The molecule has 2 N–H and O–H groups in total. The van der Waals surface area contributed by atoms with E-state index in [4.69, 9.17) is 4.74 Å². The van der Waals surface area contributed by atoms with Crippen LogP contribution in [0.25, 0.3) is 0 Å². The van der Waals surface area contributed by atoms with Crippen molar-refractivity contribution in [3.63, 3.8) is 0 Å². The van der Waals surface area contributed by atoms with E-state index in [-0.39, 0.29) is 24.8 Å². The Morgan fingerprint density at radius 3 is 2.33 bits per heavy atom. The third-order valence-electron chi connectivity index (χ3n) is 3.97. The number of carbonyl (C=O) groups excluding carboxylic acids is 2. The van der Waals surface area contributed by atoms with Crippen LogP contribution in [0.3, 0.4) is 0 Å². The quantitative estimate of drug-likeness (QED) is 0.580. The van der Waals surface area contributed by atoms with Crippen molar-refractivity contribution >= 4 is 23.2 Å². The first kappa shape index (κ1) is 20.2. The Labute approximate surface area is 159 Å². The van der Waals surface area contributed by atoms with Crippen LogP contribution in [-0.2, 0) is 9.59 Å². The lowest BCUT2D eigenvalue weighted by Crippen LogP contribution is -2.26. The molecule has 142 valence electrons. The minimum absolute atomic E-state index is 0.0893. The Hall–Kier alpha value is -3.15. The summed E-state index contributed by atoms with van der Waals surface area (Å²) in [5.41, 5.74) is 7.03. The predicted octanol–water partition coefficient (Wildman–Crippen LogP) is 3.51. The van der Waals surface area contributed by atoms with Gasteiger partial charge in [0.05, 0.1) is 6.42 Å². The molecule has 0 atom stereocenters. The second kappa shape index (κ2) is 9.52. The molecule has 0 aliphatic rings. The van der Waals surface area contributed by atoms with Crippen molar-refractivity contribution in [3.8, 4) is 5.75 Å². The molecule has 0 unspecified atom stereocenters. The molecule has 6 heteroatoms. The van der Waals surface area contributed by atoms with E-state index in [2.05, 4.69) is 15.8 Å². The molecule has 2 rings (SSSR count). The maximum Gasteiger partial charge on any atom is 0.277 e. The van der Waals surface area contributed by atoms with Gasteiger partial charge >= 0.3 is 0 Å². The standard InChI is InChI=1S/C21H25N3O3/c1-14-5-9-19(10-6-14)27-13-21(26)24-23-17(4)12-20(25)22-18-8-7-15(2)16(3)11-18/h5-11H,12-13H2,1-4H3,(H,22,25)(H,24,26). The molecule has 0 aromatic heterocycles. The average Bonchev–Trinajstić information content (AvgIpc) is 2.62. The lowest BCUT2D eigenvalue weighted by Gasteiger charge is -2.08. The highest BCUT2D eigenvalue weighted by molar-refractivity contribution is 6.05. The number of amides is 2. The van der Waals surface area contributed by atoms with Gasteiger partial charge in [-0.2, -0.15) is 5.10 Å². The predicted molar refractivity (Wildman–Crippen MR) is 107 cm³/mol. The zero-order chi connectivity index (χ0) is 19.8. The summed E-state index contributed by atoms with van der Waals surface area (Å²) in [6.07, 6.45) is 0.0893. The fraction of sp³-hybridized carbons (Fsp3) is 0.286. The summed E-state index contributed by atoms with van der Waals surface area (Å²) in [5.74, 6) is 0.0402. The van der Waals surface area contributed by atoms with Gasteiger partial charge in [0.2, 0.25) is 5.91 Å². The fourth-order valence-corrected chi connectivity index (χ4v) is 2.27. The molecular formula is C21H25N3O3. The van der Waals surface area contributed by atoms with Crippen molar-refractivity contribution in [2.45, 2.75) is 34.1 Å². The minimum atomic E-state index is -0.385. The maximum absolute atomic E-state index is 12.1. The van der Waals surface area contributed by atoms with Crippen LogP contribution in [0.4, 0.5) is 5.69 Å². The number of ether oxygens (including phenoxy) is 1. The maximum atomic E-state index is 12.1. The van der Waals surface area contributed by atoms with Crippen LogP contribution in [0.5, 0.6) is 5.75 Å². The number of carbonyl (C=O) groups is 2. The Kier molecular flexibility index (Phi) is 7.11. The topological polar surface area (TPSA) is 79.8 Å². The van der Waals surface area contributed by atoms with Crippen molar-refractivity contribution in [2.75, 3.05) is 11.9 Å². The zero-order valence-corrected chi connectivity index (χ0v) is 16.1. The van der Waals surface area contributed by atoms with Crippen molar-refractivity contribution in [1.82, 2.24) is 5.43 Å².